The number of likely N-dealkylation sites (tertiary alicyclic amines) is 1. The van der Waals surface area contributed by atoms with Gasteiger partial charge in [0.1, 0.15) is 5.75 Å². The molecule has 3 aromatic rings. The van der Waals surface area contributed by atoms with Crippen LogP contribution < -0.4 is 4.74 Å². The van der Waals surface area contributed by atoms with Crippen LogP contribution in [0.3, 0.4) is 0 Å². The van der Waals surface area contributed by atoms with E-state index in [-0.39, 0.29) is 17.8 Å². The van der Waals surface area contributed by atoms with Crippen molar-refractivity contribution in [2.45, 2.75) is 18.9 Å². The van der Waals surface area contributed by atoms with Crippen LogP contribution in [0.4, 0.5) is 4.79 Å². The zero-order chi connectivity index (χ0) is 21.4. The number of rotatable bonds is 4. The summed E-state index contributed by atoms with van der Waals surface area (Å²) in [5.41, 5.74) is 2.17. The Kier molecular flexibility index (Phi) is 4.94. The molecule has 2 heterocycles. The van der Waals surface area contributed by atoms with Gasteiger partial charge in [0.05, 0.1) is 6.10 Å². The first kappa shape index (κ1) is 19.4. The summed E-state index contributed by atoms with van der Waals surface area (Å²) in [6.07, 6.45) is 3.36. The normalized spacial score (nSPS) is 22.3. The summed E-state index contributed by atoms with van der Waals surface area (Å²) >= 11 is 0. The van der Waals surface area contributed by atoms with Crippen molar-refractivity contribution in [2.75, 3.05) is 13.1 Å². The first-order valence-electron chi connectivity index (χ1n) is 10.5. The second kappa shape index (κ2) is 7.91. The van der Waals surface area contributed by atoms with Gasteiger partial charge in [0.25, 0.3) is 0 Å². The minimum atomic E-state index is -1.14. The molecular formula is C24H23N3O4. The largest absolute Gasteiger partial charge is 0.490 e. The first-order chi connectivity index (χ1) is 15.1. The molecule has 1 aromatic heterocycles. The van der Waals surface area contributed by atoms with Gasteiger partial charge in [-0.05, 0) is 54.0 Å². The van der Waals surface area contributed by atoms with Crippen molar-refractivity contribution in [1.82, 2.24) is 14.7 Å². The predicted molar refractivity (Wildman–Crippen MR) is 114 cm³/mol. The van der Waals surface area contributed by atoms with Crippen molar-refractivity contribution in [3.63, 3.8) is 0 Å². The fourth-order valence-electron chi connectivity index (χ4n) is 4.76. The number of carboxylic acids is 1. The van der Waals surface area contributed by atoms with Gasteiger partial charge in [-0.15, -0.1) is 0 Å². The maximum Gasteiger partial charge on any atom is 0.356 e. The topological polar surface area (TPSA) is 84.7 Å². The van der Waals surface area contributed by atoms with E-state index in [4.69, 9.17) is 9.84 Å². The third-order valence-electron chi connectivity index (χ3n) is 6.23. The number of amides is 1. The van der Waals surface area contributed by atoms with Gasteiger partial charge in [0.2, 0.25) is 0 Å². The molecule has 0 spiro atoms. The Morgan fingerprint density at radius 1 is 0.935 bits per heavy atom. The quantitative estimate of drug-likeness (QED) is 0.693. The van der Waals surface area contributed by atoms with Gasteiger partial charge >= 0.3 is 12.0 Å². The molecule has 158 valence electrons. The van der Waals surface area contributed by atoms with E-state index in [2.05, 4.69) is 29.4 Å². The zero-order valence-electron chi connectivity index (χ0n) is 16.9. The molecule has 0 bridgehead atoms. The van der Waals surface area contributed by atoms with E-state index in [9.17, 15) is 9.59 Å². The summed E-state index contributed by atoms with van der Waals surface area (Å²) in [4.78, 5) is 25.4. The average molecular weight is 417 g/mol. The monoisotopic (exact) mass is 417 g/mol. The van der Waals surface area contributed by atoms with E-state index in [1.807, 2.05) is 30.3 Å². The second-order valence-corrected chi connectivity index (χ2v) is 8.26. The van der Waals surface area contributed by atoms with Gasteiger partial charge in [-0.3, -0.25) is 0 Å². The number of aromatic nitrogens is 2. The number of aromatic carboxylic acids is 1. The molecule has 1 saturated heterocycles. The number of nitrogens with zero attached hydrogens (tertiary/aromatic N) is 3. The summed E-state index contributed by atoms with van der Waals surface area (Å²) in [5, 5.41) is 12.8. The molecule has 2 aromatic carbocycles. The molecule has 2 fully saturated rings. The third-order valence-corrected chi connectivity index (χ3v) is 6.23. The standard InChI is InChI=1S/C24H23N3O4/c28-23(29)22-9-10-27(25-22)24(30)26-14-18-12-21(13-19(18)15-26)31-20-8-4-7-17(11-20)16-5-2-1-3-6-16/h1-11,18-19,21H,12-15H2,(H,28,29)/t18-,19+,21?. The zero-order valence-corrected chi connectivity index (χ0v) is 16.9. The van der Waals surface area contributed by atoms with Crippen LogP contribution in [0.2, 0.25) is 0 Å². The number of fused-ring (bicyclic) bond motifs is 1. The van der Waals surface area contributed by atoms with Crippen molar-refractivity contribution in [1.29, 1.82) is 0 Å². The molecule has 7 nitrogen and oxygen atoms in total. The van der Waals surface area contributed by atoms with Gasteiger partial charge in [-0.2, -0.15) is 9.78 Å². The summed E-state index contributed by atoms with van der Waals surface area (Å²) in [6, 6.07) is 19.5. The highest BCUT2D eigenvalue weighted by atomic mass is 16.5. The molecule has 5 rings (SSSR count). The number of ether oxygens (including phenoxy) is 1. The first-order valence-corrected chi connectivity index (χ1v) is 10.5. The molecule has 3 atom stereocenters. The number of carbonyl (C=O) groups excluding carboxylic acids is 1. The van der Waals surface area contributed by atoms with E-state index in [1.165, 1.54) is 12.3 Å². The molecule has 1 saturated carbocycles. The molecule has 31 heavy (non-hydrogen) atoms. The lowest BCUT2D eigenvalue weighted by Crippen LogP contribution is -2.34. The Balaban J connectivity index is 1.20. The maximum absolute atomic E-state index is 12.7. The number of hydrogen-bond acceptors (Lipinski definition) is 4. The fraction of sp³-hybridized carbons (Fsp3) is 0.292. The number of hydrogen-bond donors (Lipinski definition) is 1. The van der Waals surface area contributed by atoms with Crippen molar-refractivity contribution in [3.8, 4) is 16.9 Å². The van der Waals surface area contributed by atoms with Gasteiger partial charge in [0.15, 0.2) is 5.69 Å². The number of carboxylic acid groups (broad SMARTS) is 1. The van der Waals surface area contributed by atoms with Crippen LogP contribution in [-0.2, 0) is 0 Å². The van der Waals surface area contributed by atoms with Gasteiger partial charge in [-0.25, -0.2) is 9.59 Å². The minimum Gasteiger partial charge on any atom is -0.490 e. The van der Waals surface area contributed by atoms with Gasteiger partial charge in [0, 0.05) is 19.3 Å². The van der Waals surface area contributed by atoms with Crippen molar-refractivity contribution in [3.05, 3.63) is 72.6 Å². The summed E-state index contributed by atoms with van der Waals surface area (Å²) in [6.45, 7) is 1.30. The number of benzene rings is 2. The molecule has 0 radical (unpaired) electrons. The molecular weight excluding hydrogens is 394 g/mol. The van der Waals surface area contributed by atoms with E-state index >= 15 is 0 Å². The molecule has 1 amide bonds. The Labute approximate surface area is 179 Å². The Morgan fingerprint density at radius 2 is 1.65 bits per heavy atom. The smallest absolute Gasteiger partial charge is 0.356 e. The molecule has 1 unspecified atom stereocenters. The van der Waals surface area contributed by atoms with Crippen LogP contribution in [-0.4, -0.2) is 51.0 Å². The van der Waals surface area contributed by atoms with Gasteiger partial charge < -0.3 is 14.7 Å². The van der Waals surface area contributed by atoms with Crippen LogP contribution in [0, 0.1) is 11.8 Å². The molecule has 2 aliphatic rings. The Morgan fingerprint density at radius 3 is 2.32 bits per heavy atom. The maximum atomic E-state index is 12.7. The van der Waals surface area contributed by atoms with Gasteiger partial charge in [-0.1, -0.05) is 42.5 Å². The van der Waals surface area contributed by atoms with Crippen LogP contribution in [0.1, 0.15) is 23.3 Å². The third kappa shape index (κ3) is 3.91. The van der Waals surface area contributed by atoms with E-state index in [0.29, 0.717) is 24.9 Å². The van der Waals surface area contributed by atoms with E-state index < -0.39 is 5.97 Å². The Bertz CT molecular complexity index is 1100. The highest BCUT2D eigenvalue weighted by molar-refractivity contribution is 5.86. The summed E-state index contributed by atoms with van der Waals surface area (Å²) < 4.78 is 7.42. The van der Waals surface area contributed by atoms with Crippen LogP contribution >= 0.6 is 0 Å². The SMILES string of the molecule is O=C(O)c1ccn(C(=O)N2C[C@H]3CC(Oc4cccc(-c5ccccc5)c4)C[C@H]3C2)n1. The predicted octanol–water partition coefficient (Wildman–Crippen LogP) is 4.01. The fourth-order valence-corrected chi connectivity index (χ4v) is 4.76. The van der Waals surface area contributed by atoms with Crippen molar-refractivity contribution < 1.29 is 19.4 Å². The summed E-state index contributed by atoms with van der Waals surface area (Å²) in [7, 11) is 0. The molecule has 1 aliphatic heterocycles. The lowest BCUT2D eigenvalue weighted by molar-refractivity contribution is 0.0690. The highest BCUT2D eigenvalue weighted by Gasteiger charge is 2.43. The summed E-state index contributed by atoms with van der Waals surface area (Å²) in [5.74, 6) is 0.514. The second-order valence-electron chi connectivity index (χ2n) is 8.26. The van der Waals surface area contributed by atoms with E-state index in [1.54, 1.807) is 4.90 Å². The molecule has 1 N–H and O–H groups in total. The van der Waals surface area contributed by atoms with Crippen molar-refractivity contribution >= 4 is 12.0 Å². The lowest BCUT2D eigenvalue weighted by atomic mass is 10.0. The van der Waals surface area contributed by atoms with Crippen LogP contribution in [0.25, 0.3) is 11.1 Å². The molecule has 7 heteroatoms. The van der Waals surface area contributed by atoms with Crippen molar-refractivity contribution in [2.24, 2.45) is 11.8 Å². The van der Waals surface area contributed by atoms with Crippen LogP contribution in [0.15, 0.2) is 66.9 Å². The molecule has 1 aliphatic carbocycles. The number of carbonyl (C=O) groups is 2. The Hall–Kier alpha value is -3.61. The van der Waals surface area contributed by atoms with E-state index in [0.717, 1.165) is 34.4 Å². The highest BCUT2D eigenvalue weighted by Crippen LogP contribution is 2.40. The lowest BCUT2D eigenvalue weighted by Gasteiger charge is -2.20. The minimum absolute atomic E-state index is 0.126. The average Bonchev–Trinajstić information content (AvgIpc) is 3.49. The van der Waals surface area contributed by atoms with Crippen LogP contribution in [0.5, 0.6) is 5.75 Å².